The number of phenolic OH excluding ortho intramolecular Hbond substituents is 1. The Morgan fingerprint density at radius 3 is 2.75 bits per heavy atom. The van der Waals surface area contributed by atoms with Crippen molar-refractivity contribution in [3.8, 4) is 5.75 Å². The molecule has 0 unspecified atom stereocenters. The third kappa shape index (κ3) is 1.96. The highest BCUT2D eigenvalue weighted by atomic mass is 16.3. The van der Waals surface area contributed by atoms with Crippen LogP contribution in [0, 0.1) is 0 Å². The molecule has 0 aliphatic carbocycles. The van der Waals surface area contributed by atoms with Crippen molar-refractivity contribution in [1.82, 2.24) is 5.32 Å². The SMILES string of the molecule is CN[C@H](CO)c1cccc(O)c1. The number of hydrogen-bond donors (Lipinski definition) is 3. The molecule has 12 heavy (non-hydrogen) atoms. The van der Waals surface area contributed by atoms with Crippen LogP contribution in [0.15, 0.2) is 24.3 Å². The summed E-state index contributed by atoms with van der Waals surface area (Å²) in [6.45, 7) is 0.0277. The summed E-state index contributed by atoms with van der Waals surface area (Å²) in [5.41, 5.74) is 0.889. The van der Waals surface area contributed by atoms with E-state index in [9.17, 15) is 0 Å². The summed E-state index contributed by atoms with van der Waals surface area (Å²) in [6, 6.07) is 6.75. The second-order valence-electron chi connectivity index (χ2n) is 2.62. The second-order valence-corrected chi connectivity index (χ2v) is 2.62. The predicted molar refractivity (Wildman–Crippen MR) is 47.0 cm³/mol. The van der Waals surface area contributed by atoms with Crippen LogP contribution in [0.1, 0.15) is 11.6 Å². The minimum Gasteiger partial charge on any atom is -0.508 e. The molecule has 66 valence electrons. The molecule has 1 rings (SSSR count). The van der Waals surface area contributed by atoms with Crippen LogP contribution >= 0.6 is 0 Å². The van der Waals surface area contributed by atoms with Gasteiger partial charge in [0.25, 0.3) is 0 Å². The van der Waals surface area contributed by atoms with Crippen LogP contribution in [0.25, 0.3) is 0 Å². The van der Waals surface area contributed by atoms with Crippen LogP contribution in [-0.4, -0.2) is 23.9 Å². The summed E-state index contributed by atoms with van der Waals surface area (Å²) in [5, 5.41) is 21.0. The number of nitrogens with one attached hydrogen (secondary N) is 1. The van der Waals surface area contributed by atoms with Gasteiger partial charge in [0.2, 0.25) is 0 Å². The Morgan fingerprint density at radius 1 is 1.50 bits per heavy atom. The van der Waals surface area contributed by atoms with E-state index in [2.05, 4.69) is 5.32 Å². The van der Waals surface area contributed by atoms with E-state index >= 15 is 0 Å². The molecular weight excluding hydrogens is 154 g/mol. The van der Waals surface area contributed by atoms with Crippen molar-refractivity contribution in [3.63, 3.8) is 0 Å². The van der Waals surface area contributed by atoms with Gasteiger partial charge in [-0.2, -0.15) is 0 Å². The minimum atomic E-state index is -0.0999. The number of aliphatic hydroxyl groups is 1. The minimum absolute atomic E-state index is 0.0277. The number of aliphatic hydroxyl groups excluding tert-OH is 1. The summed E-state index contributed by atoms with van der Waals surface area (Å²) < 4.78 is 0. The first-order valence-corrected chi connectivity index (χ1v) is 3.85. The zero-order valence-corrected chi connectivity index (χ0v) is 6.99. The van der Waals surface area contributed by atoms with Crippen molar-refractivity contribution in [1.29, 1.82) is 0 Å². The fourth-order valence-electron chi connectivity index (χ4n) is 1.10. The van der Waals surface area contributed by atoms with E-state index in [1.165, 1.54) is 0 Å². The Labute approximate surface area is 71.7 Å². The molecule has 0 radical (unpaired) electrons. The standard InChI is InChI=1S/C9H13NO2/c1-10-9(6-11)7-3-2-4-8(12)5-7/h2-5,9-12H,6H2,1H3/t9-/m1/s1. The third-order valence-corrected chi connectivity index (χ3v) is 1.80. The molecule has 0 fully saturated rings. The zero-order valence-electron chi connectivity index (χ0n) is 6.99. The Morgan fingerprint density at radius 2 is 2.25 bits per heavy atom. The molecule has 1 aromatic rings. The van der Waals surface area contributed by atoms with Crippen LogP contribution in [0.4, 0.5) is 0 Å². The average molecular weight is 167 g/mol. The summed E-state index contributed by atoms with van der Waals surface area (Å²) in [4.78, 5) is 0. The normalized spacial score (nSPS) is 12.8. The smallest absolute Gasteiger partial charge is 0.115 e. The van der Waals surface area contributed by atoms with Gasteiger partial charge in [-0.15, -0.1) is 0 Å². The second kappa shape index (κ2) is 4.09. The molecule has 1 aromatic carbocycles. The molecular formula is C9H13NO2. The van der Waals surface area contributed by atoms with Gasteiger partial charge in [-0.1, -0.05) is 12.1 Å². The third-order valence-electron chi connectivity index (χ3n) is 1.80. The predicted octanol–water partition coefficient (Wildman–Crippen LogP) is 0.645. The molecule has 1 atom stereocenters. The topological polar surface area (TPSA) is 52.5 Å². The lowest BCUT2D eigenvalue weighted by molar-refractivity contribution is 0.251. The van der Waals surface area contributed by atoms with E-state index in [4.69, 9.17) is 10.2 Å². The fraction of sp³-hybridized carbons (Fsp3) is 0.333. The number of rotatable bonds is 3. The number of likely N-dealkylation sites (N-methyl/N-ethyl adjacent to an activating group) is 1. The summed E-state index contributed by atoms with van der Waals surface area (Å²) >= 11 is 0. The maximum atomic E-state index is 9.14. The molecule has 0 saturated carbocycles. The van der Waals surface area contributed by atoms with Crippen LogP contribution in [0.5, 0.6) is 5.75 Å². The van der Waals surface area contributed by atoms with Gasteiger partial charge in [0.1, 0.15) is 5.75 Å². The molecule has 0 bridgehead atoms. The quantitative estimate of drug-likeness (QED) is 0.619. The Kier molecular flexibility index (Phi) is 3.08. The van der Waals surface area contributed by atoms with Crippen molar-refractivity contribution in [2.24, 2.45) is 0 Å². The summed E-state index contributed by atoms with van der Waals surface area (Å²) in [5.74, 6) is 0.223. The van der Waals surface area contributed by atoms with E-state index in [0.29, 0.717) is 0 Å². The van der Waals surface area contributed by atoms with Gasteiger partial charge < -0.3 is 15.5 Å². The Balaban J connectivity index is 2.85. The van der Waals surface area contributed by atoms with Crippen LogP contribution < -0.4 is 5.32 Å². The fourth-order valence-corrected chi connectivity index (χ4v) is 1.10. The summed E-state index contributed by atoms with van der Waals surface area (Å²) in [6.07, 6.45) is 0. The van der Waals surface area contributed by atoms with Crippen molar-refractivity contribution in [2.75, 3.05) is 13.7 Å². The van der Waals surface area contributed by atoms with E-state index < -0.39 is 0 Å². The highest BCUT2D eigenvalue weighted by molar-refractivity contribution is 5.29. The van der Waals surface area contributed by atoms with Crippen LogP contribution in [0.3, 0.4) is 0 Å². The number of aromatic hydroxyl groups is 1. The molecule has 0 saturated heterocycles. The van der Waals surface area contributed by atoms with Gasteiger partial charge in [0.05, 0.1) is 12.6 Å². The molecule has 3 N–H and O–H groups in total. The van der Waals surface area contributed by atoms with E-state index in [-0.39, 0.29) is 18.4 Å². The number of benzene rings is 1. The van der Waals surface area contributed by atoms with Crippen LogP contribution in [0.2, 0.25) is 0 Å². The molecule has 3 nitrogen and oxygen atoms in total. The number of phenols is 1. The maximum absolute atomic E-state index is 9.14. The van der Waals surface area contributed by atoms with Crippen molar-refractivity contribution in [2.45, 2.75) is 6.04 Å². The Hall–Kier alpha value is -1.06. The zero-order chi connectivity index (χ0) is 8.97. The first-order chi connectivity index (χ1) is 5.77. The van der Waals surface area contributed by atoms with E-state index in [1.807, 2.05) is 6.07 Å². The molecule has 3 heteroatoms. The van der Waals surface area contributed by atoms with Gasteiger partial charge in [-0.3, -0.25) is 0 Å². The highest BCUT2D eigenvalue weighted by Crippen LogP contribution is 2.17. The van der Waals surface area contributed by atoms with Crippen molar-refractivity contribution < 1.29 is 10.2 Å². The molecule has 0 aliphatic heterocycles. The molecule has 0 aliphatic rings. The first-order valence-electron chi connectivity index (χ1n) is 3.85. The molecule has 0 aromatic heterocycles. The van der Waals surface area contributed by atoms with E-state index in [0.717, 1.165) is 5.56 Å². The van der Waals surface area contributed by atoms with Crippen molar-refractivity contribution >= 4 is 0 Å². The monoisotopic (exact) mass is 167 g/mol. The highest BCUT2D eigenvalue weighted by Gasteiger charge is 2.06. The van der Waals surface area contributed by atoms with Gasteiger partial charge in [-0.25, -0.2) is 0 Å². The van der Waals surface area contributed by atoms with E-state index in [1.54, 1.807) is 25.2 Å². The largest absolute Gasteiger partial charge is 0.508 e. The molecule has 0 heterocycles. The maximum Gasteiger partial charge on any atom is 0.115 e. The average Bonchev–Trinajstić information content (AvgIpc) is 2.07. The van der Waals surface area contributed by atoms with Gasteiger partial charge in [0, 0.05) is 0 Å². The molecule has 0 amide bonds. The summed E-state index contributed by atoms with van der Waals surface area (Å²) in [7, 11) is 1.77. The first kappa shape index (κ1) is 9.03. The lowest BCUT2D eigenvalue weighted by Crippen LogP contribution is -2.19. The molecule has 0 spiro atoms. The van der Waals surface area contributed by atoms with Gasteiger partial charge in [-0.05, 0) is 24.7 Å². The van der Waals surface area contributed by atoms with Crippen molar-refractivity contribution in [3.05, 3.63) is 29.8 Å². The lowest BCUT2D eigenvalue weighted by atomic mass is 10.1. The van der Waals surface area contributed by atoms with Gasteiger partial charge >= 0.3 is 0 Å². The van der Waals surface area contributed by atoms with Crippen LogP contribution in [-0.2, 0) is 0 Å². The number of hydrogen-bond acceptors (Lipinski definition) is 3. The Bertz CT molecular complexity index is 246. The van der Waals surface area contributed by atoms with Gasteiger partial charge in [0.15, 0.2) is 0 Å². The lowest BCUT2D eigenvalue weighted by Gasteiger charge is -2.12.